The summed E-state index contributed by atoms with van der Waals surface area (Å²) in [6.07, 6.45) is 8.59. The van der Waals surface area contributed by atoms with Crippen LogP contribution < -0.4 is 9.80 Å². The van der Waals surface area contributed by atoms with E-state index in [1.165, 1.54) is 94.7 Å². The molecule has 0 fully saturated rings. The average molecular weight is 1040 g/mol. The highest BCUT2D eigenvalue weighted by molar-refractivity contribution is 7.16. The minimum absolute atomic E-state index is 1.07. The van der Waals surface area contributed by atoms with E-state index < -0.39 is 0 Å². The van der Waals surface area contributed by atoms with Crippen LogP contribution in [0.5, 0.6) is 0 Å². The Balaban J connectivity index is 0.967. The van der Waals surface area contributed by atoms with Crippen molar-refractivity contribution in [2.75, 3.05) is 9.80 Å². The topological polar surface area (TPSA) is 6.48 Å². The highest BCUT2D eigenvalue weighted by Gasteiger charge is 2.19. The fourth-order valence-corrected chi connectivity index (χ4v) is 15.2. The molecule has 0 amide bonds. The quantitative estimate of drug-likeness (QED) is 0.0796. The number of benzene rings is 6. The molecule has 10 aromatic rings. The fourth-order valence-electron chi connectivity index (χ4n) is 10.4. The van der Waals surface area contributed by atoms with Gasteiger partial charge in [0.15, 0.2) is 0 Å². The van der Waals surface area contributed by atoms with Crippen molar-refractivity contribution in [2.45, 2.75) is 107 Å². The maximum atomic E-state index is 2.40. The number of hydrogen-bond donors (Lipinski definition) is 0. The molecule has 6 aromatic carbocycles. The van der Waals surface area contributed by atoms with Crippen molar-refractivity contribution in [1.82, 2.24) is 0 Å². The van der Waals surface area contributed by atoms with Gasteiger partial charge in [0.1, 0.15) is 0 Å². The molecule has 0 aliphatic carbocycles. The molecule has 0 N–H and O–H groups in total. The molecule has 0 saturated heterocycles. The van der Waals surface area contributed by atoms with Crippen LogP contribution in [0.25, 0.3) is 52.9 Å². The van der Waals surface area contributed by atoms with Gasteiger partial charge < -0.3 is 9.80 Å². The average Bonchev–Trinajstić information content (AvgIpc) is 4.29. The van der Waals surface area contributed by atoms with Crippen molar-refractivity contribution in [3.63, 3.8) is 0 Å². The van der Waals surface area contributed by atoms with Crippen LogP contribution in [-0.2, 0) is 51.4 Å². The van der Waals surface area contributed by atoms with Gasteiger partial charge in [0.2, 0.25) is 0 Å². The van der Waals surface area contributed by atoms with Crippen LogP contribution in [0.15, 0.2) is 170 Å². The molecule has 374 valence electrons. The summed E-state index contributed by atoms with van der Waals surface area (Å²) in [5.41, 5.74) is 20.1. The first kappa shape index (κ1) is 51.2. The monoisotopic (exact) mass is 1040 g/mol. The van der Waals surface area contributed by atoms with Crippen LogP contribution in [0, 0.1) is 0 Å². The molecule has 0 saturated carbocycles. The molecule has 0 aliphatic rings. The molecule has 74 heavy (non-hydrogen) atoms. The largest absolute Gasteiger partial charge is 0.311 e. The van der Waals surface area contributed by atoms with Gasteiger partial charge >= 0.3 is 0 Å². The van der Waals surface area contributed by atoms with Crippen LogP contribution in [0.4, 0.5) is 34.1 Å². The van der Waals surface area contributed by atoms with E-state index in [2.05, 4.69) is 235 Å². The molecule has 0 radical (unpaired) electrons. The van der Waals surface area contributed by atoms with Gasteiger partial charge in [-0.2, -0.15) is 0 Å². The summed E-state index contributed by atoms with van der Waals surface area (Å²) in [5.74, 6) is 0. The summed E-state index contributed by atoms with van der Waals surface area (Å²) < 4.78 is 0. The first-order valence-electron chi connectivity index (χ1n) is 26.9. The third kappa shape index (κ3) is 10.5. The van der Waals surface area contributed by atoms with Crippen LogP contribution in [0.2, 0.25) is 0 Å². The third-order valence-electron chi connectivity index (χ3n) is 14.6. The van der Waals surface area contributed by atoms with E-state index in [4.69, 9.17) is 0 Å². The Morgan fingerprint density at radius 2 is 0.405 bits per heavy atom. The Bertz CT molecular complexity index is 2930. The highest BCUT2D eigenvalue weighted by Crippen LogP contribution is 2.43. The zero-order valence-electron chi connectivity index (χ0n) is 44.4. The standard InChI is InChI=1S/C68H68N2S4/c1-9-45-41-65(71-61(45)13-5)51-21-33-57(34-22-51)69(58-35-23-52(24-36-58)66-42-46(10-2)62(14-6)72-66)55-29-17-49(18-30-55)50-19-31-56(32-20-50)70(59-37-25-53(26-38-59)67-43-47(11-3)63(15-7)73-67)60-39-27-54(28-40-60)68-44-48(12-4)64(16-8)74-68/h17-44H,9-16H2,1-8H3. The number of rotatable bonds is 19. The molecule has 0 spiro atoms. The first-order chi connectivity index (χ1) is 36.3. The second-order valence-electron chi connectivity index (χ2n) is 19.0. The van der Waals surface area contributed by atoms with Gasteiger partial charge in [-0.15, -0.1) is 45.3 Å². The van der Waals surface area contributed by atoms with Crippen molar-refractivity contribution in [2.24, 2.45) is 0 Å². The van der Waals surface area contributed by atoms with Crippen molar-refractivity contribution in [1.29, 1.82) is 0 Å². The van der Waals surface area contributed by atoms with Gasteiger partial charge in [-0.1, -0.05) is 128 Å². The van der Waals surface area contributed by atoms with Crippen molar-refractivity contribution < 1.29 is 0 Å². The summed E-state index contributed by atoms with van der Waals surface area (Å²) in [6.45, 7) is 18.1. The molecule has 2 nitrogen and oxygen atoms in total. The predicted octanol–water partition coefficient (Wildman–Crippen LogP) is 21.7. The Morgan fingerprint density at radius 1 is 0.230 bits per heavy atom. The molecule has 0 unspecified atom stereocenters. The van der Waals surface area contributed by atoms with Crippen molar-refractivity contribution in [3.8, 4) is 52.9 Å². The Kier molecular flexibility index (Phi) is 16.0. The lowest BCUT2D eigenvalue weighted by atomic mass is 10.0. The zero-order valence-corrected chi connectivity index (χ0v) is 47.6. The predicted molar refractivity (Wildman–Crippen MR) is 330 cm³/mol. The number of aryl methyl sites for hydroxylation is 8. The summed E-state index contributed by atoms with van der Waals surface area (Å²) >= 11 is 7.75. The third-order valence-corrected chi connectivity index (χ3v) is 20.1. The lowest BCUT2D eigenvalue weighted by Gasteiger charge is -2.26. The normalized spacial score (nSPS) is 11.4. The molecule has 4 aromatic heterocycles. The van der Waals surface area contributed by atoms with E-state index in [1.54, 1.807) is 0 Å². The second-order valence-corrected chi connectivity index (χ2v) is 23.6. The summed E-state index contributed by atoms with van der Waals surface area (Å²) in [4.78, 5) is 16.2. The lowest BCUT2D eigenvalue weighted by Crippen LogP contribution is -2.10. The summed E-state index contributed by atoms with van der Waals surface area (Å²) in [7, 11) is 0. The molecule has 0 atom stereocenters. The SMILES string of the molecule is CCc1cc(-c2ccc(N(c3ccc(-c4ccc(N(c5ccc(-c6cc(CC)c(CC)s6)cc5)c5ccc(-c6cc(CC)c(CC)s6)cc5)cc4)cc3)c3ccc(-c4cc(CC)c(CC)s4)cc3)cc2)sc1CC. The van der Waals surface area contributed by atoms with Gasteiger partial charge in [0.25, 0.3) is 0 Å². The molecular weight excluding hydrogens is 973 g/mol. The van der Waals surface area contributed by atoms with E-state index in [0.717, 1.165) is 85.5 Å². The van der Waals surface area contributed by atoms with E-state index in [9.17, 15) is 0 Å². The van der Waals surface area contributed by atoms with E-state index >= 15 is 0 Å². The number of nitrogens with zero attached hydrogens (tertiary/aromatic N) is 2. The van der Waals surface area contributed by atoms with Gasteiger partial charge in [-0.05, 0) is 204 Å². The van der Waals surface area contributed by atoms with Crippen LogP contribution >= 0.6 is 45.3 Å². The fraction of sp³-hybridized carbons (Fsp3) is 0.235. The Morgan fingerprint density at radius 3 is 0.554 bits per heavy atom. The smallest absolute Gasteiger partial charge is 0.0462 e. The number of hydrogen-bond acceptors (Lipinski definition) is 6. The van der Waals surface area contributed by atoms with Gasteiger partial charge in [0, 0.05) is 73.1 Å². The van der Waals surface area contributed by atoms with Gasteiger partial charge in [0.05, 0.1) is 0 Å². The maximum absolute atomic E-state index is 2.40. The zero-order chi connectivity index (χ0) is 51.3. The molecule has 4 heterocycles. The minimum atomic E-state index is 1.07. The minimum Gasteiger partial charge on any atom is -0.311 e. The maximum Gasteiger partial charge on any atom is 0.0462 e. The van der Waals surface area contributed by atoms with Crippen LogP contribution in [0.3, 0.4) is 0 Å². The summed E-state index contributed by atoms with van der Waals surface area (Å²) in [6, 6.07) is 64.6. The summed E-state index contributed by atoms with van der Waals surface area (Å²) in [5, 5.41) is 0. The first-order valence-corrected chi connectivity index (χ1v) is 30.2. The molecule has 10 rings (SSSR count). The molecular formula is C68H68N2S4. The molecule has 0 bridgehead atoms. The Hall–Kier alpha value is -6.28. The Labute approximate surface area is 457 Å². The van der Waals surface area contributed by atoms with Crippen LogP contribution in [0.1, 0.15) is 97.2 Å². The molecule has 0 aliphatic heterocycles. The number of anilines is 6. The van der Waals surface area contributed by atoms with Crippen molar-refractivity contribution in [3.05, 3.63) is 212 Å². The van der Waals surface area contributed by atoms with Crippen LogP contribution in [-0.4, -0.2) is 0 Å². The molecule has 6 heteroatoms. The van der Waals surface area contributed by atoms with E-state index in [1.807, 2.05) is 45.3 Å². The van der Waals surface area contributed by atoms with E-state index in [-0.39, 0.29) is 0 Å². The second kappa shape index (κ2) is 23.1. The van der Waals surface area contributed by atoms with E-state index in [0.29, 0.717) is 0 Å². The van der Waals surface area contributed by atoms with Gasteiger partial charge in [-0.3, -0.25) is 0 Å². The van der Waals surface area contributed by atoms with Crippen molar-refractivity contribution >= 4 is 79.5 Å². The highest BCUT2D eigenvalue weighted by atomic mass is 32.1. The lowest BCUT2D eigenvalue weighted by molar-refractivity contribution is 1.07. The van der Waals surface area contributed by atoms with Gasteiger partial charge in [-0.25, -0.2) is 0 Å². The number of thiophene rings is 4.